The molecule has 0 saturated carbocycles. The zero-order valence-electron chi connectivity index (χ0n) is 12.6. The minimum atomic E-state index is -0.467. The average molecular weight is 385 g/mol. The zero-order valence-corrected chi connectivity index (χ0v) is 14.9. The molecule has 126 valence electrons. The van der Waals surface area contributed by atoms with Gasteiger partial charge in [-0.05, 0) is 55.0 Å². The van der Waals surface area contributed by atoms with Crippen LogP contribution < -0.4 is 15.4 Å². The fourth-order valence-electron chi connectivity index (χ4n) is 1.80. The van der Waals surface area contributed by atoms with Crippen molar-refractivity contribution in [3.63, 3.8) is 0 Å². The molecule has 0 aliphatic rings. The van der Waals surface area contributed by atoms with Crippen LogP contribution in [0.1, 0.15) is 5.56 Å². The molecular formula is C16H14Cl2N2O3S. The van der Waals surface area contributed by atoms with Crippen molar-refractivity contribution in [2.75, 3.05) is 11.9 Å². The number of phenols is 1. The van der Waals surface area contributed by atoms with Crippen molar-refractivity contribution in [1.29, 1.82) is 0 Å². The maximum Gasteiger partial charge on any atom is 0.264 e. The molecule has 0 heterocycles. The molecule has 0 aliphatic carbocycles. The Kier molecular flexibility index (Phi) is 6.25. The number of phenolic OH excluding ortho intramolecular Hbond substituents is 1. The highest BCUT2D eigenvalue weighted by Crippen LogP contribution is 2.27. The number of halogens is 2. The van der Waals surface area contributed by atoms with Crippen molar-refractivity contribution in [2.45, 2.75) is 6.92 Å². The Hall–Kier alpha value is -2.02. The molecule has 0 spiro atoms. The van der Waals surface area contributed by atoms with Gasteiger partial charge in [-0.2, -0.15) is 0 Å². The Balaban J connectivity index is 1.87. The topological polar surface area (TPSA) is 70.6 Å². The molecule has 1 amide bonds. The summed E-state index contributed by atoms with van der Waals surface area (Å²) in [5.41, 5.74) is 1.34. The second-order valence-electron chi connectivity index (χ2n) is 4.89. The number of carbonyl (C=O) groups excluding carboxylic acids is 1. The van der Waals surface area contributed by atoms with Crippen molar-refractivity contribution in [1.82, 2.24) is 5.32 Å². The van der Waals surface area contributed by atoms with Crippen LogP contribution in [0.4, 0.5) is 5.69 Å². The molecule has 2 aromatic carbocycles. The van der Waals surface area contributed by atoms with Gasteiger partial charge in [0.1, 0.15) is 11.5 Å². The summed E-state index contributed by atoms with van der Waals surface area (Å²) in [7, 11) is 0. The Morgan fingerprint density at radius 3 is 2.71 bits per heavy atom. The summed E-state index contributed by atoms with van der Waals surface area (Å²) in [4.78, 5) is 11.9. The van der Waals surface area contributed by atoms with Crippen LogP contribution in [0.2, 0.25) is 10.0 Å². The van der Waals surface area contributed by atoms with Gasteiger partial charge in [-0.1, -0.05) is 29.3 Å². The van der Waals surface area contributed by atoms with E-state index in [1.54, 1.807) is 24.3 Å². The predicted molar refractivity (Wildman–Crippen MR) is 99.2 cm³/mol. The van der Waals surface area contributed by atoms with Gasteiger partial charge in [-0.15, -0.1) is 0 Å². The van der Waals surface area contributed by atoms with Gasteiger partial charge >= 0.3 is 0 Å². The van der Waals surface area contributed by atoms with E-state index in [9.17, 15) is 9.90 Å². The normalized spacial score (nSPS) is 10.1. The number of hydrogen-bond acceptors (Lipinski definition) is 4. The van der Waals surface area contributed by atoms with Crippen LogP contribution in [-0.4, -0.2) is 22.7 Å². The zero-order chi connectivity index (χ0) is 17.7. The molecule has 3 N–H and O–H groups in total. The van der Waals surface area contributed by atoms with Gasteiger partial charge in [0.05, 0.1) is 10.7 Å². The molecule has 0 saturated heterocycles. The molecule has 5 nitrogen and oxygen atoms in total. The van der Waals surface area contributed by atoms with E-state index in [1.165, 1.54) is 12.1 Å². The highest BCUT2D eigenvalue weighted by atomic mass is 35.5. The lowest BCUT2D eigenvalue weighted by atomic mass is 10.2. The number of aromatic hydroxyl groups is 1. The number of benzene rings is 2. The van der Waals surface area contributed by atoms with E-state index in [1.807, 2.05) is 6.92 Å². The fourth-order valence-corrected chi connectivity index (χ4v) is 2.49. The second-order valence-corrected chi connectivity index (χ2v) is 6.14. The molecule has 8 heteroatoms. The summed E-state index contributed by atoms with van der Waals surface area (Å²) in [6.45, 7) is 1.60. The van der Waals surface area contributed by atoms with Crippen LogP contribution in [0, 0.1) is 6.92 Å². The molecule has 0 unspecified atom stereocenters. The molecule has 0 bridgehead atoms. The summed E-state index contributed by atoms with van der Waals surface area (Å²) in [6, 6.07) is 9.69. The lowest BCUT2D eigenvalue weighted by molar-refractivity contribution is -0.121. The van der Waals surface area contributed by atoms with E-state index in [-0.39, 0.29) is 17.5 Å². The third-order valence-corrected chi connectivity index (χ3v) is 3.64. The third kappa shape index (κ3) is 5.26. The lowest BCUT2D eigenvalue weighted by Crippen LogP contribution is -2.37. The summed E-state index contributed by atoms with van der Waals surface area (Å²) >= 11 is 16.8. The van der Waals surface area contributed by atoms with Crippen molar-refractivity contribution >= 4 is 52.1 Å². The molecule has 0 aliphatic heterocycles. The number of carbonyl (C=O) groups is 1. The van der Waals surface area contributed by atoms with E-state index >= 15 is 0 Å². The Bertz CT molecular complexity index is 784. The van der Waals surface area contributed by atoms with Crippen molar-refractivity contribution in [3.05, 3.63) is 52.0 Å². The number of aryl methyl sites for hydroxylation is 1. The smallest absolute Gasteiger partial charge is 0.264 e. The fraction of sp³-hybridized carbons (Fsp3) is 0.125. The molecule has 2 rings (SSSR count). The van der Waals surface area contributed by atoms with Crippen LogP contribution >= 0.6 is 35.4 Å². The van der Waals surface area contributed by atoms with Crippen molar-refractivity contribution in [2.24, 2.45) is 0 Å². The number of amides is 1. The molecule has 2 aromatic rings. The molecule has 0 atom stereocenters. The van der Waals surface area contributed by atoms with E-state index in [0.717, 1.165) is 5.56 Å². The maximum atomic E-state index is 11.9. The highest BCUT2D eigenvalue weighted by Gasteiger charge is 2.10. The second kappa shape index (κ2) is 8.19. The summed E-state index contributed by atoms with van der Waals surface area (Å²) < 4.78 is 5.31. The minimum absolute atomic E-state index is 0.0291. The van der Waals surface area contributed by atoms with Gasteiger partial charge in [0.25, 0.3) is 5.91 Å². The van der Waals surface area contributed by atoms with Gasteiger partial charge in [0.15, 0.2) is 11.7 Å². The molecular weight excluding hydrogens is 371 g/mol. The van der Waals surface area contributed by atoms with Gasteiger partial charge in [-0.3, -0.25) is 10.1 Å². The van der Waals surface area contributed by atoms with Crippen LogP contribution in [0.3, 0.4) is 0 Å². The summed E-state index contributed by atoms with van der Waals surface area (Å²) in [6.07, 6.45) is 0. The largest absolute Gasteiger partial charge is 0.506 e. The Labute approximate surface area is 154 Å². The standard InChI is InChI=1S/C16H14Cl2N2O3S/c1-9-2-4-13(21)12(6-9)19-16(24)20-15(22)8-23-14-5-3-10(17)7-11(14)18/h2-7,21H,8H2,1H3,(H2,19,20,22,24). The predicted octanol–water partition coefficient (Wildman–Crippen LogP) is 3.90. The van der Waals surface area contributed by atoms with Crippen LogP contribution in [-0.2, 0) is 4.79 Å². The summed E-state index contributed by atoms with van der Waals surface area (Å²) in [5.74, 6) is -0.0986. The SMILES string of the molecule is Cc1ccc(O)c(NC(=S)NC(=O)COc2ccc(Cl)cc2Cl)c1. The first kappa shape index (κ1) is 18.3. The van der Waals surface area contributed by atoms with E-state index in [2.05, 4.69) is 10.6 Å². The van der Waals surface area contributed by atoms with Gasteiger partial charge < -0.3 is 15.2 Å². The summed E-state index contributed by atoms with van der Waals surface area (Å²) in [5, 5.41) is 15.8. The number of rotatable bonds is 4. The number of anilines is 1. The average Bonchev–Trinajstić information content (AvgIpc) is 2.50. The van der Waals surface area contributed by atoms with E-state index in [4.69, 9.17) is 40.2 Å². The van der Waals surface area contributed by atoms with Crippen LogP contribution in [0.5, 0.6) is 11.5 Å². The first-order chi connectivity index (χ1) is 11.3. The molecule has 0 aromatic heterocycles. The lowest BCUT2D eigenvalue weighted by Gasteiger charge is -2.12. The highest BCUT2D eigenvalue weighted by molar-refractivity contribution is 7.80. The van der Waals surface area contributed by atoms with E-state index in [0.29, 0.717) is 21.5 Å². The van der Waals surface area contributed by atoms with E-state index < -0.39 is 5.91 Å². The Morgan fingerprint density at radius 1 is 1.25 bits per heavy atom. The third-order valence-electron chi connectivity index (χ3n) is 2.91. The number of hydrogen-bond donors (Lipinski definition) is 3. The first-order valence-electron chi connectivity index (χ1n) is 6.83. The van der Waals surface area contributed by atoms with Crippen molar-refractivity contribution in [3.8, 4) is 11.5 Å². The van der Waals surface area contributed by atoms with Crippen LogP contribution in [0.25, 0.3) is 0 Å². The molecule has 24 heavy (non-hydrogen) atoms. The first-order valence-corrected chi connectivity index (χ1v) is 8.00. The maximum absolute atomic E-state index is 11.9. The minimum Gasteiger partial charge on any atom is -0.506 e. The van der Waals surface area contributed by atoms with Gasteiger partial charge in [0.2, 0.25) is 0 Å². The number of nitrogens with one attached hydrogen (secondary N) is 2. The van der Waals surface area contributed by atoms with Crippen molar-refractivity contribution < 1.29 is 14.6 Å². The molecule has 0 radical (unpaired) electrons. The number of ether oxygens (including phenoxy) is 1. The van der Waals surface area contributed by atoms with Gasteiger partial charge in [-0.25, -0.2) is 0 Å². The van der Waals surface area contributed by atoms with Crippen LogP contribution in [0.15, 0.2) is 36.4 Å². The van der Waals surface area contributed by atoms with Gasteiger partial charge in [0, 0.05) is 5.02 Å². The monoisotopic (exact) mass is 384 g/mol. The number of thiocarbonyl (C=S) groups is 1. The molecule has 0 fully saturated rings. The Morgan fingerprint density at radius 2 is 2.00 bits per heavy atom. The quantitative estimate of drug-likeness (QED) is 0.550.